The fourth-order valence-electron chi connectivity index (χ4n) is 2.17. The zero-order valence-corrected chi connectivity index (χ0v) is 10.2. The molecule has 0 aromatic heterocycles. The average Bonchev–Trinajstić information content (AvgIpc) is 2.64. The Hall–Kier alpha value is 0. The molecule has 0 heteroatoms. The number of hydrogen-bond donors (Lipinski definition) is 0. The Kier molecular flexibility index (Phi) is 3.09. The third-order valence-corrected chi connectivity index (χ3v) is 3.97. The lowest BCUT2D eigenvalue weighted by molar-refractivity contribution is 0.231. The van der Waals surface area contributed by atoms with Gasteiger partial charge in [-0.25, -0.2) is 0 Å². The summed E-state index contributed by atoms with van der Waals surface area (Å²) in [5, 5.41) is 0. The van der Waals surface area contributed by atoms with E-state index in [4.69, 9.17) is 0 Å². The summed E-state index contributed by atoms with van der Waals surface area (Å²) in [6, 6.07) is 0. The van der Waals surface area contributed by atoms with Gasteiger partial charge in [0.2, 0.25) is 0 Å². The molecule has 0 aromatic carbocycles. The summed E-state index contributed by atoms with van der Waals surface area (Å²) < 4.78 is 0. The van der Waals surface area contributed by atoms with Crippen LogP contribution in [0.5, 0.6) is 0 Å². The maximum absolute atomic E-state index is 2.41. The molecule has 0 radical (unpaired) electrons. The summed E-state index contributed by atoms with van der Waals surface area (Å²) in [4.78, 5) is 0. The summed E-state index contributed by atoms with van der Waals surface area (Å²) >= 11 is 0. The van der Waals surface area contributed by atoms with Crippen LogP contribution in [0.25, 0.3) is 0 Å². The molecule has 0 aliphatic heterocycles. The number of rotatable bonds is 3. The maximum Gasteiger partial charge on any atom is -0.0357 e. The smallest absolute Gasteiger partial charge is 0.0357 e. The fourth-order valence-corrected chi connectivity index (χ4v) is 2.17. The SMILES string of the molecule is CC(C)C1CC1CC(C)C(C)(C)C. The van der Waals surface area contributed by atoms with Gasteiger partial charge in [-0.2, -0.15) is 0 Å². The van der Waals surface area contributed by atoms with Crippen molar-refractivity contribution in [2.45, 2.75) is 54.4 Å². The highest BCUT2D eigenvalue weighted by molar-refractivity contribution is 4.90. The van der Waals surface area contributed by atoms with E-state index in [1.54, 1.807) is 0 Å². The van der Waals surface area contributed by atoms with Crippen LogP contribution in [-0.4, -0.2) is 0 Å². The first kappa shape index (κ1) is 11.1. The molecule has 0 N–H and O–H groups in total. The molecule has 0 saturated heterocycles. The molecule has 1 aliphatic rings. The van der Waals surface area contributed by atoms with Crippen LogP contribution in [0.3, 0.4) is 0 Å². The first-order chi connectivity index (χ1) is 5.82. The van der Waals surface area contributed by atoms with E-state index in [-0.39, 0.29) is 0 Å². The van der Waals surface area contributed by atoms with Crippen LogP contribution in [0.1, 0.15) is 54.4 Å². The van der Waals surface area contributed by atoms with Crippen molar-refractivity contribution in [3.05, 3.63) is 0 Å². The molecule has 0 heterocycles. The summed E-state index contributed by atoms with van der Waals surface area (Å²) in [6.45, 7) is 14.2. The Morgan fingerprint density at radius 2 is 1.69 bits per heavy atom. The van der Waals surface area contributed by atoms with Gasteiger partial charge in [-0.05, 0) is 41.9 Å². The molecule has 1 aliphatic carbocycles. The molecule has 13 heavy (non-hydrogen) atoms. The highest BCUT2D eigenvalue weighted by Gasteiger charge is 2.40. The van der Waals surface area contributed by atoms with Crippen molar-refractivity contribution < 1.29 is 0 Å². The Morgan fingerprint density at radius 3 is 2.00 bits per heavy atom. The van der Waals surface area contributed by atoms with Gasteiger partial charge in [0.25, 0.3) is 0 Å². The minimum atomic E-state index is 0.504. The first-order valence-electron chi connectivity index (χ1n) is 5.82. The van der Waals surface area contributed by atoms with Crippen molar-refractivity contribution in [1.29, 1.82) is 0 Å². The summed E-state index contributed by atoms with van der Waals surface area (Å²) in [5.41, 5.74) is 0.504. The van der Waals surface area contributed by atoms with E-state index in [1.807, 2.05) is 0 Å². The number of hydrogen-bond acceptors (Lipinski definition) is 0. The normalized spacial score (nSPS) is 30.7. The highest BCUT2D eigenvalue weighted by Crippen LogP contribution is 2.49. The van der Waals surface area contributed by atoms with Gasteiger partial charge in [-0.3, -0.25) is 0 Å². The first-order valence-corrected chi connectivity index (χ1v) is 5.82. The molecular weight excluding hydrogens is 156 g/mol. The van der Waals surface area contributed by atoms with Gasteiger partial charge in [0.1, 0.15) is 0 Å². The zero-order chi connectivity index (χ0) is 10.2. The maximum atomic E-state index is 2.41. The molecule has 0 aromatic rings. The topological polar surface area (TPSA) is 0 Å². The molecule has 3 unspecified atom stereocenters. The van der Waals surface area contributed by atoms with E-state index >= 15 is 0 Å². The third kappa shape index (κ3) is 3.00. The van der Waals surface area contributed by atoms with Gasteiger partial charge < -0.3 is 0 Å². The van der Waals surface area contributed by atoms with Crippen LogP contribution < -0.4 is 0 Å². The summed E-state index contributed by atoms with van der Waals surface area (Å²) in [5.74, 6) is 3.89. The summed E-state index contributed by atoms with van der Waals surface area (Å²) in [7, 11) is 0. The second kappa shape index (κ2) is 3.63. The molecule has 0 spiro atoms. The van der Waals surface area contributed by atoms with Crippen molar-refractivity contribution in [3.8, 4) is 0 Å². The summed E-state index contributed by atoms with van der Waals surface area (Å²) in [6.07, 6.45) is 2.95. The largest absolute Gasteiger partial charge is 0.0625 e. The Labute approximate surface area is 84.1 Å². The predicted octanol–water partition coefficient (Wildman–Crippen LogP) is 4.35. The molecule has 1 rings (SSSR count). The fraction of sp³-hybridized carbons (Fsp3) is 1.00. The van der Waals surface area contributed by atoms with E-state index in [9.17, 15) is 0 Å². The Balaban J connectivity index is 2.29. The van der Waals surface area contributed by atoms with Crippen molar-refractivity contribution in [3.63, 3.8) is 0 Å². The molecule has 0 nitrogen and oxygen atoms in total. The van der Waals surface area contributed by atoms with Gasteiger partial charge >= 0.3 is 0 Å². The van der Waals surface area contributed by atoms with Crippen molar-refractivity contribution in [1.82, 2.24) is 0 Å². The molecule has 0 amide bonds. The van der Waals surface area contributed by atoms with Crippen LogP contribution in [0.4, 0.5) is 0 Å². The minimum Gasteiger partial charge on any atom is -0.0625 e. The lowest BCUT2D eigenvalue weighted by Gasteiger charge is -2.27. The van der Waals surface area contributed by atoms with Crippen LogP contribution in [0.2, 0.25) is 0 Å². The van der Waals surface area contributed by atoms with Gasteiger partial charge in [-0.15, -0.1) is 0 Å². The average molecular weight is 182 g/mol. The Bertz CT molecular complexity index is 161. The van der Waals surface area contributed by atoms with E-state index in [1.165, 1.54) is 12.8 Å². The van der Waals surface area contributed by atoms with Crippen LogP contribution in [0, 0.1) is 29.1 Å². The third-order valence-electron chi connectivity index (χ3n) is 3.97. The molecule has 3 atom stereocenters. The van der Waals surface area contributed by atoms with Gasteiger partial charge in [0, 0.05) is 0 Å². The van der Waals surface area contributed by atoms with Crippen LogP contribution >= 0.6 is 0 Å². The zero-order valence-electron chi connectivity index (χ0n) is 10.2. The van der Waals surface area contributed by atoms with Crippen molar-refractivity contribution in [2.75, 3.05) is 0 Å². The second-order valence-electron chi connectivity index (χ2n) is 6.41. The van der Waals surface area contributed by atoms with Gasteiger partial charge in [0.05, 0.1) is 0 Å². The van der Waals surface area contributed by atoms with E-state index < -0.39 is 0 Å². The lowest BCUT2D eigenvalue weighted by atomic mass is 9.78. The van der Waals surface area contributed by atoms with Crippen molar-refractivity contribution in [2.24, 2.45) is 29.1 Å². The van der Waals surface area contributed by atoms with E-state index in [0.29, 0.717) is 5.41 Å². The van der Waals surface area contributed by atoms with Crippen LogP contribution in [-0.2, 0) is 0 Å². The quantitative estimate of drug-likeness (QED) is 0.608. The molecule has 1 saturated carbocycles. The standard InChI is InChI=1S/C13H26/c1-9(2)12-8-11(12)7-10(3)13(4,5)6/h9-12H,7-8H2,1-6H3. The Morgan fingerprint density at radius 1 is 1.15 bits per heavy atom. The van der Waals surface area contributed by atoms with Crippen LogP contribution in [0.15, 0.2) is 0 Å². The molecule has 1 fully saturated rings. The monoisotopic (exact) mass is 182 g/mol. The molecular formula is C13H26. The lowest BCUT2D eigenvalue weighted by Crippen LogP contribution is -2.18. The van der Waals surface area contributed by atoms with Crippen molar-refractivity contribution >= 4 is 0 Å². The second-order valence-corrected chi connectivity index (χ2v) is 6.41. The predicted molar refractivity (Wildman–Crippen MR) is 59.7 cm³/mol. The van der Waals surface area contributed by atoms with Gasteiger partial charge in [0.15, 0.2) is 0 Å². The van der Waals surface area contributed by atoms with E-state index in [2.05, 4.69) is 41.5 Å². The minimum absolute atomic E-state index is 0.504. The highest BCUT2D eigenvalue weighted by atomic mass is 14.5. The molecule has 78 valence electrons. The van der Waals surface area contributed by atoms with Gasteiger partial charge in [-0.1, -0.05) is 41.5 Å². The van der Waals surface area contributed by atoms with E-state index in [0.717, 1.165) is 23.7 Å². The molecule has 0 bridgehead atoms.